The van der Waals surface area contributed by atoms with Crippen LogP contribution in [0.1, 0.15) is 35.4 Å². The average Bonchev–Trinajstić information content (AvgIpc) is 2.93. The van der Waals surface area contributed by atoms with Crippen LogP contribution >= 0.6 is 0 Å². The number of carbonyl (C=O) groups excluding carboxylic acids is 2. The molecule has 0 aromatic heterocycles. The van der Waals surface area contributed by atoms with E-state index in [9.17, 15) is 29.8 Å². The highest BCUT2D eigenvalue weighted by Gasteiger charge is 2.34. The number of non-ortho nitro benzene ring substituents is 1. The van der Waals surface area contributed by atoms with Gasteiger partial charge in [0.05, 0.1) is 10.8 Å². The smallest absolute Gasteiger partial charge is 0.269 e. The van der Waals surface area contributed by atoms with E-state index in [1.54, 1.807) is 0 Å². The van der Waals surface area contributed by atoms with Crippen LogP contribution in [0.4, 0.5) is 5.69 Å². The number of nitro benzene ring substituents is 1. The minimum absolute atomic E-state index is 0.0427. The van der Waals surface area contributed by atoms with Crippen molar-refractivity contribution in [2.75, 3.05) is 6.54 Å². The molecular formula is C27H29N7O6. The van der Waals surface area contributed by atoms with Crippen LogP contribution < -0.4 is 16.8 Å². The fraction of sp³-hybridized carbons (Fsp3) is 0.222. The van der Waals surface area contributed by atoms with Gasteiger partial charge in [-0.2, -0.15) is 0 Å². The van der Waals surface area contributed by atoms with E-state index in [1.807, 2.05) is 60.7 Å². The molecule has 0 bridgehead atoms. The predicted molar refractivity (Wildman–Crippen MR) is 147 cm³/mol. The first kappa shape index (κ1) is 29.2. The van der Waals surface area contributed by atoms with E-state index < -0.39 is 33.8 Å². The Hall–Kier alpha value is -5.33. The molecule has 0 heterocycles. The Morgan fingerprint density at radius 1 is 0.875 bits per heavy atom. The van der Waals surface area contributed by atoms with Crippen molar-refractivity contribution in [3.05, 3.63) is 122 Å². The molecule has 0 radical (unpaired) electrons. The van der Waals surface area contributed by atoms with Gasteiger partial charge in [-0.1, -0.05) is 72.8 Å². The minimum atomic E-state index is -1.06. The average molecular weight is 548 g/mol. The van der Waals surface area contributed by atoms with Gasteiger partial charge < -0.3 is 21.7 Å². The highest BCUT2D eigenvalue weighted by molar-refractivity contribution is 5.92. The number of hydrogen-bond acceptors (Lipinski definition) is 6. The van der Waals surface area contributed by atoms with Crippen molar-refractivity contribution in [3.63, 3.8) is 0 Å². The van der Waals surface area contributed by atoms with Gasteiger partial charge in [0.1, 0.15) is 11.1 Å². The maximum atomic E-state index is 14.3. The Balaban J connectivity index is 1.97. The number of amides is 2. The number of guanidine groups is 1. The van der Waals surface area contributed by atoms with Gasteiger partial charge in [-0.3, -0.25) is 19.7 Å². The number of nitrogens with one attached hydrogen (secondary N) is 1. The molecule has 1 atom stereocenters. The van der Waals surface area contributed by atoms with Gasteiger partial charge in [-0.15, -0.1) is 0 Å². The summed E-state index contributed by atoms with van der Waals surface area (Å²) in [6, 6.07) is 22.8. The Kier molecular flexibility index (Phi) is 10.2. The number of nitrogens with zero attached hydrogens (tertiary/aromatic N) is 4. The van der Waals surface area contributed by atoms with Crippen LogP contribution in [-0.4, -0.2) is 45.2 Å². The second-order valence-electron chi connectivity index (χ2n) is 8.85. The lowest BCUT2D eigenvalue weighted by atomic mass is 9.89. The molecule has 5 N–H and O–H groups in total. The zero-order valence-corrected chi connectivity index (χ0v) is 21.5. The van der Waals surface area contributed by atoms with Gasteiger partial charge in [0.25, 0.3) is 11.6 Å². The zero-order chi connectivity index (χ0) is 29.1. The number of nitrogens with two attached hydrogens (primary N) is 2. The first-order valence-corrected chi connectivity index (χ1v) is 12.3. The summed E-state index contributed by atoms with van der Waals surface area (Å²) in [5, 5.41) is 26.2. The van der Waals surface area contributed by atoms with Gasteiger partial charge in [0.15, 0.2) is 5.03 Å². The van der Waals surface area contributed by atoms with Crippen molar-refractivity contribution in [1.29, 1.82) is 0 Å². The quantitative estimate of drug-likeness (QED) is 0.0952. The Morgan fingerprint density at radius 3 is 1.90 bits per heavy atom. The molecule has 0 saturated carbocycles. The molecule has 0 aliphatic carbocycles. The predicted octanol–water partition coefficient (Wildman–Crippen LogP) is 2.49. The van der Waals surface area contributed by atoms with Crippen molar-refractivity contribution in [2.45, 2.75) is 31.3 Å². The third kappa shape index (κ3) is 8.08. The van der Waals surface area contributed by atoms with Crippen LogP contribution in [0.25, 0.3) is 0 Å². The summed E-state index contributed by atoms with van der Waals surface area (Å²) in [4.78, 5) is 49.5. The van der Waals surface area contributed by atoms with Gasteiger partial charge in [-0.05, 0) is 29.5 Å². The second-order valence-corrected chi connectivity index (χ2v) is 8.85. The lowest BCUT2D eigenvalue weighted by molar-refractivity contribution is -0.485. The Bertz CT molecular complexity index is 1310. The summed E-state index contributed by atoms with van der Waals surface area (Å²) in [5.74, 6) is -2.29. The molecule has 0 aliphatic rings. The van der Waals surface area contributed by atoms with Crippen LogP contribution in [0.5, 0.6) is 0 Å². The topological polar surface area (TPSA) is 200 Å². The first-order chi connectivity index (χ1) is 19.2. The molecule has 2 amide bonds. The van der Waals surface area contributed by atoms with Gasteiger partial charge in [0, 0.05) is 25.2 Å². The molecule has 0 saturated heterocycles. The number of nitro groups is 2. The van der Waals surface area contributed by atoms with Crippen molar-refractivity contribution < 1.29 is 19.5 Å². The number of rotatable bonds is 13. The van der Waals surface area contributed by atoms with Crippen LogP contribution in [0.2, 0.25) is 0 Å². The Morgan fingerprint density at radius 2 is 1.43 bits per heavy atom. The summed E-state index contributed by atoms with van der Waals surface area (Å²) in [6.45, 7) is 0.0895. The van der Waals surface area contributed by atoms with E-state index in [2.05, 4.69) is 10.4 Å². The number of hydrogen-bond donors (Lipinski definition) is 3. The molecule has 13 heteroatoms. The molecule has 208 valence electrons. The van der Waals surface area contributed by atoms with E-state index >= 15 is 0 Å². The van der Waals surface area contributed by atoms with E-state index in [-0.39, 0.29) is 37.5 Å². The summed E-state index contributed by atoms with van der Waals surface area (Å²) < 4.78 is 0. The lowest BCUT2D eigenvalue weighted by Gasteiger charge is -2.33. The normalized spacial score (nSPS) is 12.0. The lowest BCUT2D eigenvalue weighted by Crippen LogP contribution is -2.49. The third-order valence-corrected chi connectivity index (χ3v) is 6.15. The highest BCUT2D eigenvalue weighted by atomic mass is 16.7. The SMILES string of the molecule is NC(=O)[C@@H](CCCNC(N)=N[N+](=O)[O-])N(Cc1ccc([N+](=O)[O-])cc1)C(=O)C(c1ccccc1)c1ccccc1. The number of carbonyl (C=O) groups is 2. The van der Waals surface area contributed by atoms with E-state index in [4.69, 9.17) is 11.5 Å². The van der Waals surface area contributed by atoms with Crippen molar-refractivity contribution in [1.82, 2.24) is 10.2 Å². The summed E-state index contributed by atoms with van der Waals surface area (Å²) in [7, 11) is 0. The minimum Gasteiger partial charge on any atom is -0.368 e. The molecule has 0 unspecified atom stereocenters. The molecule has 0 aliphatic heterocycles. The standard InChI is InChI=1S/C27H29N7O6/c28-25(35)23(12-7-17-30-27(29)31-34(39)40)32(18-19-13-15-22(16-14-19)33(37)38)26(36)24(20-8-3-1-4-9-20)21-10-5-2-6-11-21/h1-6,8-11,13-16,23-24H,7,12,17-18H2,(H2,28,35)(H3,29,30,31)/t23-/m1/s1. The summed E-state index contributed by atoms with van der Waals surface area (Å²) in [6.07, 6.45) is 0.385. The molecule has 3 aromatic carbocycles. The summed E-state index contributed by atoms with van der Waals surface area (Å²) in [5.41, 5.74) is 13.1. The molecule has 13 nitrogen and oxygen atoms in total. The first-order valence-electron chi connectivity index (χ1n) is 12.3. The van der Waals surface area contributed by atoms with Crippen LogP contribution in [0.15, 0.2) is 90.0 Å². The fourth-order valence-electron chi connectivity index (χ4n) is 4.28. The van der Waals surface area contributed by atoms with Crippen molar-refractivity contribution in [2.24, 2.45) is 16.6 Å². The molecule has 40 heavy (non-hydrogen) atoms. The largest absolute Gasteiger partial charge is 0.368 e. The number of hydrazone groups is 1. The van der Waals surface area contributed by atoms with E-state index in [0.29, 0.717) is 16.7 Å². The molecule has 0 spiro atoms. The van der Waals surface area contributed by atoms with Gasteiger partial charge in [0.2, 0.25) is 11.8 Å². The highest BCUT2D eigenvalue weighted by Crippen LogP contribution is 2.29. The van der Waals surface area contributed by atoms with Crippen LogP contribution in [0.3, 0.4) is 0 Å². The van der Waals surface area contributed by atoms with E-state index in [1.165, 1.54) is 29.2 Å². The summed E-state index contributed by atoms with van der Waals surface area (Å²) >= 11 is 0. The molecule has 3 aromatic rings. The van der Waals surface area contributed by atoms with Crippen LogP contribution in [-0.2, 0) is 16.1 Å². The van der Waals surface area contributed by atoms with Crippen molar-refractivity contribution in [3.8, 4) is 0 Å². The van der Waals surface area contributed by atoms with Crippen molar-refractivity contribution >= 4 is 23.5 Å². The zero-order valence-electron chi connectivity index (χ0n) is 21.5. The Labute approximate surface area is 229 Å². The number of primary amides is 1. The van der Waals surface area contributed by atoms with Crippen LogP contribution in [0, 0.1) is 20.2 Å². The second kappa shape index (κ2) is 14.0. The molecule has 0 fully saturated rings. The number of benzene rings is 3. The molecular weight excluding hydrogens is 518 g/mol. The van der Waals surface area contributed by atoms with E-state index in [0.717, 1.165) is 0 Å². The maximum absolute atomic E-state index is 14.3. The van der Waals surface area contributed by atoms with Gasteiger partial charge >= 0.3 is 0 Å². The van der Waals surface area contributed by atoms with Gasteiger partial charge in [-0.25, -0.2) is 10.1 Å². The fourth-order valence-corrected chi connectivity index (χ4v) is 4.28. The molecule has 3 rings (SSSR count). The monoisotopic (exact) mass is 547 g/mol. The maximum Gasteiger partial charge on any atom is 0.269 e. The third-order valence-electron chi connectivity index (χ3n) is 6.15.